The number of rotatable bonds is 6. The first-order valence-electron chi connectivity index (χ1n) is 10.0. The van der Waals surface area contributed by atoms with Gasteiger partial charge in [-0.15, -0.1) is 0 Å². The SMILES string of the molecule is CC1(C)CCCC(C)(C)N1OC(C(=O)c1ccccc1)S(=O)(=O)c1ccc(F)cc1. The third-order valence-corrected chi connectivity index (χ3v) is 7.37. The van der Waals surface area contributed by atoms with Gasteiger partial charge < -0.3 is 0 Å². The average molecular weight is 434 g/mol. The third kappa shape index (κ3) is 4.48. The van der Waals surface area contributed by atoms with E-state index in [1.54, 1.807) is 35.4 Å². The predicted octanol–water partition coefficient (Wildman–Crippen LogP) is 4.78. The zero-order valence-corrected chi connectivity index (χ0v) is 18.6. The molecule has 1 aliphatic heterocycles. The molecule has 3 rings (SSSR count). The van der Waals surface area contributed by atoms with Crippen molar-refractivity contribution in [3.8, 4) is 0 Å². The van der Waals surface area contributed by atoms with Gasteiger partial charge in [0.25, 0.3) is 0 Å². The fourth-order valence-electron chi connectivity index (χ4n) is 4.09. The van der Waals surface area contributed by atoms with Crippen LogP contribution in [0, 0.1) is 5.82 Å². The molecule has 1 unspecified atom stereocenters. The van der Waals surface area contributed by atoms with Crippen LogP contribution >= 0.6 is 0 Å². The maximum absolute atomic E-state index is 13.5. The number of hydrogen-bond acceptors (Lipinski definition) is 5. The Morgan fingerprint density at radius 1 is 0.967 bits per heavy atom. The predicted molar refractivity (Wildman–Crippen MR) is 113 cm³/mol. The molecule has 1 saturated heterocycles. The number of nitrogens with zero attached hydrogens (tertiary/aromatic N) is 1. The van der Waals surface area contributed by atoms with Gasteiger partial charge in [-0.3, -0.25) is 9.63 Å². The Morgan fingerprint density at radius 2 is 1.50 bits per heavy atom. The molecule has 0 N–H and O–H groups in total. The maximum Gasteiger partial charge on any atom is 0.246 e. The first-order valence-corrected chi connectivity index (χ1v) is 11.6. The van der Waals surface area contributed by atoms with Crippen molar-refractivity contribution in [2.45, 2.75) is 68.4 Å². The third-order valence-electron chi connectivity index (χ3n) is 5.57. The summed E-state index contributed by atoms with van der Waals surface area (Å²) in [4.78, 5) is 19.3. The van der Waals surface area contributed by atoms with Crippen LogP contribution < -0.4 is 0 Å². The van der Waals surface area contributed by atoms with E-state index in [1.165, 1.54) is 0 Å². The lowest BCUT2D eigenvalue weighted by atomic mass is 9.82. The molecule has 7 heteroatoms. The molecule has 0 saturated carbocycles. The molecule has 30 heavy (non-hydrogen) atoms. The zero-order chi connectivity index (χ0) is 22.2. The van der Waals surface area contributed by atoms with Gasteiger partial charge >= 0.3 is 0 Å². The number of ketones is 1. The Morgan fingerprint density at radius 3 is 2.03 bits per heavy atom. The number of carbonyl (C=O) groups is 1. The number of hydroxylamine groups is 2. The number of Topliss-reactive ketones (excluding diaryl/α,β-unsaturated/α-hetero) is 1. The van der Waals surface area contributed by atoms with Crippen LogP contribution in [-0.4, -0.2) is 35.8 Å². The molecule has 0 spiro atoms. The molecule has 1 atom stereocenters. The normalized spacial score (nSPS) is 19.9. The molecule has 162 valence electrons. The topological polar surface area (TPSA) is 63.7 Å². The Labute approximate surface area is 177 Å². The van der Waals surface area contributed by atoms with Crippen molar-refractivity contribution in [3.05, 3.63) is 66.0 Å². The highest BCUT2D eigenvalue weighted by molar-refractivity contribution is 7.92. The molecule has 1 aliphatic rings. The standard InChI is InChI=1S/C23H28FNO4S/c1-22(2)15-8-16-23(3,4)25(22)29-21(20(26)17-9-6-5-7-10-17)30(27,28)19-13-11-18(24)12-14-19/h5-7,9-14,21H,8,15-16H2,1-4H3. The minimum Gasteiger partial charge on any atom is -0.290 e. The van der Waals surface area contributed by atoms with Crippen molar-refractivity contribution in [3.63, 3.8) is 0 Å². The van der Waals surface area contributed by atoms with Crippen molar-refractivity contribution in [2.24, 2.45) is 0 Å². The summed E-state index contributed by atoms with van der Waals surface area (Å²) >= 11 is 0. The summed E-state index contributed by atoms with van der Waals surface area (Å²) < 4.78 is 40.3. The van der Waals surface area contributed by atoms with Crippen molar-refractivity contribution < 1.29 is 22.4 Å². The van der Waals surface area contributed by atoms with E-state index in [0.717, 1.165) is 43.5 Å². The lowest BCUT2D eigenvalue weighted by Crippen LogP contribution is -2.60. The van der Waals surface area contributed by atoms with Gasteiger partial charge in [-0.05, 0) is 71.2 Å². The summed E-state index contributed by atoms with van der Waals surface area (Å²) in [6, 6.07) is 12.6. The van der Waals surface area contributed by atoms with E-state index < -0.39 is 38.0 Å². The summed E-state index contributed by atoms with van der Waals surface area (Å²) in [5.41, 5.74) is -2.47. The molecular weight excluding hydrogens is 405 g/mol. The molecule has 2 aromatic rings. The lowest BCUT2D eigenvalue weighted by Gasteiger charge is -2.51. The van der Waals surface area contributed by atoms with Crippen LogP contribution in [-0.2, 0) is 14.7 Å². The summed E-state index contributed by atoms with van der Waals surface area (Å²) in [6.45, 7) is 7.90. The second-order valence-corrected chi connectivity index (χ2v) is 10.9. The molecule has 5 nitrogen and oxygen atoms in total. The highest BCUT2D eigenvalue weighted by Gasteiger charge is 2.47. The van der Waals surface area contributed by atoms with Crippen molar-refractivity contribution in [2.75, 3.05) is 0 Å². The summed E-state index contributed by atoms with van der Waals surface area (Å²) in [7, 11) is -4.25. The van der Waals surface area contributed by atoms with E-state index in [-0.39, 0.29) is 10.5 Å². The second-order valence-electron chi connectivity index (χ2n) is 8.94. The van der Waals surface area contributed by atoms with Crippen LogP contribution in [0.4, 0.5) is 4.39 Å². The molecule has 0 bridgehead atoms. The van der Waals surface area contributed by atoms with Crippen LogP contribution in [0.1, 0.15) is 57.3 Å². The largest absolute Gasteiger partial charge is 0.290 e. The van der Waals surface area contributed by atoms with Gasteiger partial charge in [-0.1, -0.05) is 30.3 Å². The van der Waals surface area contributed by atoms with Gasteiger partial charge in [0.1, 0.15) is 5.82 Å². The van der Waals surface area contributed by atoms with Gasteiger partial charge in [0, 0.05) is 16.6 Å². The average Bonchev–Trinajstić information content (AvgIpc) is 2.67. The van der Waals surface area contributed by atoms with Crippen LogP contribution in [0.2, 0.25) is 0 Å². The smallest absolute Gasteiger partial charge is 0.246 e. The highest BCUT2D eigenvalue weighted by atomic mass is 32.2. The van der Waals surface area contributed by atoms with Crippen LogP contribution in [0.25, 0.3) is 0 Å². The number of halogens is 1. The van der Waals surface area contributed by atoms with E-state index in [9.17, 15) is 17.6 Å². The summed E-state index contributed by atoms with van der Waals surface area (Å²) in [6.07, 6.45) is 2.58. The fourth-order valence-corrected chi connectivity index (χ4v) is 5.47. The molecule has 1 fully saturated rings. The van der Waals surface area contributed by atoms with E-state index in [1.807, 2.05) is 27.7 Å². The Balaban J connectivity index is 2.08. The van der Waals surface area contributed by atoms with Gasteiger partial charge in [0.05, 0.1) is 4.90 Å². The van der Waals surface area contributed by atoms with Crippen LogP contribution in [0.15, 0.2) is 59.5 Å². The van der Waals surface area contributed by atoms with Gasteiger partial charge in [0.2, 0.25) is 21.1 Å². The first kappa shape index (κ1) is 22.6. The highest BCUT2D eigenvalue weighted by Crippen LogP contribution is 2.40. The lowest BCUT2D eigenvalue weighted by molar-refractivity contribution is -0.281. The van der Waals surface area contributed by atoms with E-state index in [2.05, 4.69) is 0 Å². The summed E-state index contributed by atoms with van der Waals surface area (Å²) in [5, 5.41) is 1.66. The Kier molecular flexibility index (Phi) is 6.18. The number of sulfone groups is 1. The quantitative estimate of drug-likeness (QED) is 0.484. The molecule has 0 aromatic heterocycles. The Bertz CT molecular complexity index is 985. The number of piperidine rings is 1. The number of hydrogen-bond donors (Lipinski definition) is 0. The maximum atomic E-state index is 13.5. The first-order chi connectivity index (χ1) is 13.9. The van der Waals surface area contributed by atoms with Gasteiger partial charge in [-0.25, -0.2) is 12.8 Å². The summed E-state index contributed by atoms with van der Waals surface area (Å²) in [5.74, 6) is -1.21. The van der Waals surface area contributed by atoms with E-state index in [0.29, 0.717) is 0 Å². The van der Waals surface area contributed by atoms with E-state index in [4.69, 9.17) is 4.84 Å². The second kappa shape index (κ2) is 8.21. The molecule has 0 radical (unpaired) electrons. The molecule has 2 aromatic carbocycles. The molecule has 0 amide bonds. The van der Waals surface area contributed by atoms with Crippen molar-refractivity contribution in [1.82, 2.24) is 5.06 Å². The monoisotopic (exact) mass is 433 g/mol. The molecular formula is C23H28FNO4S. The minimum absolute atomic E-state index is 0.161. The minimum atomic E-state index is -4.25. The van der Waals surface area contributed by atoms with Crippen molar-refractivity contribution >= 4 is 15.6 Å². The number of carbonyl (C=O) groups excluding carboxylic acids is 1. The van der Waals surface area contributed by atoms with Gasteiger partial charge in [-0.2, -0.15) is 5.06 Å². The molecule has 1 heterocycles. The molecule has 0 aliphatic carbocycles. The van der Waals surface area contributed by atoms with Crippen LogP contribution in [0.3, 0.4) is 0 Å². The van der Waals surface area contributed by atoms with E-state index >= 15 is 0 Å². The zero-order valence-electron chi connectivity index (χ0n) is 17.8. The van der Waals surface area contributed by atoms with Gasteiger partial charge in [0.15, 0.2) is 0 Å². The van der Waals surface area contributed by atoms with Crippen LogP contribution in [0.5, 0.6) is 0 Å². The fraction of sp³-hybridized carbons (Fsp3) is 0.435. The Hall–Kier alpha value is -2.09. The number of benzene rings is 2. The van der Waals surface area contributed by atoms with Crippen molar-refractivity contribution in [1.29, 1.82) is 0 Å².